The second kappa shape index (κ2) is 4.56. The molecule has 6 heteroatoms. The zero-order valence-electron chi connectivity index (χ0n) is 10.6. The second-order valence-electron chi connectivity index (χ2n) is 4.34. The lowest BCUT2D eigenvalue weighted by atomic mass is 10.3. The van der Waals surface area contributed by atoms with E-state index >= 15 is 0 Å². The minimum Gasteiger partial charge on any atom is -0.423 e. The van der Waals surface area contributed by atoms with Crippen molar-refractivity contribution in [3.05, 3.63) is 18.2 Å². The number of nitrogens with zero attached hydrogens (tertiary/aromatic N) is 2. The number of nitrogens with one attached hydrogen (secondary N) is 1. The molecule has 1 unspecified atom stereocenters. The van der Waals surface area contributed by atoms with Crippen molar-refractivity contribution in [2.75, 3.05) is 25.1 Å². The molecule has 0 fully saturated rings. The van der Waals surface area contributed by atoms with Crippen LogP contribution in [0.4, 0.5) is 11.7 Å². The molecule has 1 heterocycles. The first-order chi connectivity index (χ1) is 8.47. The minimum atomic E-state index is -0.398. The van der Waals surface area contributed by atoms with Crippen LogP contribution in [0.2, 0.25) is 0 Å². The van der Waals surface area contributed by atoms with E-state index in [1.807, 2.05) is 0 Å². The summed E-state index contributed by atoms with van der Waals surface area (Å²) in [6.07, 6.45) is 0. The number of nitrogens with two attached hydrogens (primary N) is 1. The molecule has 0 saturated heterocycles. The van der Waals surface area contributed by atoms with E-state index in [2.05, 4.69) is 10.3 Å². The van der Waals surface area contributed by atoms with Gasteiger partial charge in [0, 0.05) is 25.8 Å². The lowest BCUT2D eigenvalue weighted by Crippen LogP contribution is -2.36. The minimum absolute atomic E-state index is 0.0447. The number of fused-ring (bicyclic) bond motifs is 1. The van der Waals surface area contributed by atoms with Crippen LogP contribution in [0.1, 0.15) is 6.92 Å². The van der Waals surface area contributed by atoms with Gasteiger partial charge in [0.05, 0.1) is 0 Å². The molecule has 0 aliphatic heterocycles. The number of carbonyl (C=O) groups is 1. The fourth-order valence-corrected chi connectivity index (χ4v) is 1.64. The summed E-state index contributed by atoms with van der Waals surface area (Å²) < 4.78 is 5.48. The molecule has 1 amide bonds. The first-order valence-corrected chi connectivity index (χ1v) is 5.61. The average Bonchev–Trinajstić information content (AvgIpc) is 2.68. The molecule has 6 nitrogen and oxygen atoms in total. The number of carbonyl (C=O) groups excluding carboxylic acids is 1. The van der Waals surface area contributed by atoms with Crippen molar-refractivity contribution >= 4 is 28.7 Å². The van der Waals surface area contributed by atoms with E-state index in [1.165, 1.54) is 4.90 Å². The van der Waals surface area contributed by atoms with E-state index < -0.39 is 6.04 Å². The molecule has 0 aliphatic rings. The van der Waals surface area contributed by atoms with Crippen LogP contribution in [0.15, 0.2) is 22.6 Å². The highest BCUT2D eigenvalue weighted by Gasteiger charge is 2.17. The number of anilines is 2. The molecular formula is C12H16N4O2. The van der Waals surface area contributed by atoms with Gasteiger partial charge in [-0.1, -0.05) is 0 Å². The van der Waals surface area contributed by atoms with Gasteiger partial charge >= 0.3 is 0 Å². The molecule has 96 valence electrons. The largest absolute Gasteiger partial charge is 0.423 e. The van der Waals surface area contributed by atoms with Gasteiger partial charge in [0.2, 0.25) is 5.91 Å². The number of hydrogen-bond acceptors (Lipinski definition) is 5. The Hall–Kier alpha value is -2.24. The molecule has 0 spiro atoms. The van der Waals surface area contributed by atoms with Gasteiger partial charge in [-0.05, 0) is 19.1 Å². The Kier molecular flexibility index (Phi) is 3.10. The Morgan fingerprint density at radius 2 is 2.22 bits per heavy atom. The van der Waals surface area contributed by atoms with Crippen molar-refractivity contribution < 1.29 is 9.21 Å². The Morgan fingerprint density at radius 3 is 2.89 bits per heavy atom. The van der Waals surface area contributed by atoms with E-state index in [4.69, 9.17) is 10.2 Å². The highest BCUT2D eigenvalue weighted by Crippen LogP contribution is 2.21. The third-order valence-electron chi connectivity index (χ3n) is 2.56. The van der Waals surface area contributed by atoms with E-state index in [-0.39, 0.29) is 5.91 Å². The van der Waals surface area contributed by atoms with Crippen molar-refractivity contribution in [1.82, 2.24) is 9.88 Å². The summed E-state index contributed by atoms with van der Waals surface area (Å²) in [5, 5.41) is 2.92. The number of benzene rings is 1. The van der Waals surface area contributed by atoms with Crippen LogP contribution in [-0.2, 0) is 4.79 Å². The topological polar surface area (TPSA) is 84.4 Å². The highest BCUT2D eigenvalue weighted by molar-refractivity contribution is 5.84. The average molecular weight is 248 g/mol. The van der Waals surface area contributed by atoms with Gasteiger partial charge in [-0.2, -0.15) is 4.98 Å². The molecule has 1 aromatic carbocycles. The van der Waals surface area contributed by atoms with E-state index in [1.54, 1.807) is 39.2 Å². The summed E-state index contributed by atoms with van der Waals surface area (Å²) in [7, 11) is 3.40. The van der Waals surface area contributed by atoms with Gasteiger partial charge in [0.1, 0.15) is 11.6 Å². The Balaban J connectivity index is 2.19. The van der Waals surface area contributed by atoms with Crippen LogP contribution in [0.3, 0.4) is 0 Å². The lowest BCUT2D eigenvalue weighted by molar-refractivity contribution is -0.129. The lowest BCUT2D eigenvalue weighted by Gasteiger charge is -2.16. The normalized spacial score (nSPS) is 12.4. The predicted molar refractivity (Wildman–Crippen MR) is 70.2 cm³/mol. The van der Waals surface area contributed by atoms with E-state index in [0.717, 1.165) is 0 Å². The molecule has 3 N–H and O–H groups in total. The standard InChI is InChI=1S/C12H16N4O2/c1-7(11(17)16(2)3)14-12-15-9-5-4-8(13)6-10(9)18-12/h4-7H,13H2,1-3H3,(H,14,15). The number of hydrogen-bond donors (Lipinski definition) is 2. The summed E-state index contributed by atoms with van der Waals surface area (Å²) in [5.74, 6) is -0.0447. The van der Waals surface area contributed by atoms with Crippen LogP contribution in [-0.4, -0.2) is 35.9 Å². The predicted octanol–water partition coefficient (Wildman–Crippen LogP) is 1.30. The fraction of sp³-hybridized carbons (Fsp3) is 0.333. The first-order valence-electron chi connectivity index (χ1n) is 5.61. The number of likely N-dealkylation sites (N-methyl/N-ethyl adjacent to an activating group) is 1. The number of amides is 1. The van der Waals surface area contributed by atoms with Crippen molar-refractivity contribution in [2.24, 2.45) is 0 Å². The molecule has 0 radical (unpaired) electrons. The summed E-state index contributed by atoms with van der Waals surface area (Å²) in [6, 6.07) is 5.15. The monoisotopic (exact) mass is 248 g/mol. The van der Waals surface area contributed by atoms with Crippen molar-refractivity contribution in [3.63, 3.8) is 0 Å². The van der Waals surface area contributed by atoms with Crippen LogP contribution in [0.5, 0.6) is 0 Å². The maximum Gasteiger partial charge on any atom is 0.296 e. The zero-order valence-corrected chi connectivity index (χ0v) is 10.6. The van der Waals surface area contributed by atoms with Crippen LogP contribution in [0.25, 0.3) is 11.1 Å². The molecule has 18 heavy (non-hydrogen) atoms. The quantitative estimate of drug-likeness (QED) is 0.800. The van der Waals surface area contributed by atoms with E-state index in [9.17, 15) is 4.79 Å². The van der Waals surface area contributed by atoms with Gasteiger partial charge < -0.3 is 20.4 Å². The van der Waals surface area contributed by atoms with Crippen molar-refractivity contribution in [2.45, 2.75) is 13.0 Å². The van der Waals surface area contributed by atoms with Crippen molar-refractivity contribution in [3.8, 4) is 0 Å². The van der Waals surface area contributed by atoms with Gasteiger partial charge in [-0.3, -0.25) is 4.79 Å². The molecule has 0 saturated carbocycles. The SMILES string of the molecule is CC(Nc1nc2ccc(N)cc2o1)C(=O)N(C)C. The molecule has 1 atom stereocenters. The summed E-state index contributed by atoms with van der Waals surface area (Å²) in [4.78, 5) is 17.4. The molecule has 1 aromatic heterocycles. The summed E-state index contributed by atoms with van der Waals surface area (Å²) in [5.41, 5.74) is 7.57. The van der Waals surface area contributed by atoms with E-state index in [0.29, 0.717) is 22.8 Å². The fourth-order valence-electron chi connectivity index (χ4n) is 1.64. The smallest absolute Gasteiger partial charge is 0.296 e. The first kappa shape index (κ1) is 12.2. The van der Waals surface area contributed by atoms with Gasteiger partial charge in [0.15, 0.2) is 5.58 Å². The number of aromatic nitrogens is 1. The number of rotatable bonds is 3. The second-order valence-corrected chi connectivity index (χ2v) is 4.34. The maximum absolute atomic E-state index is 11.7. The highest BCUT2D eigenvalue weighted by atomic mass is 16.4. The Labute approximate surface area is 105 Å². The molecular weight excluding hydrogens is 232 g/mol. The number of oxazole rings is 1. The van der Waals surface area contributed by atoms with Crippen molar-refractivity contribution in [1.29, 1.82) is 0 Å². The third kappa shape index (κ3) is 2.37. The molecule has 0 bridgehead atoms. The van der Waals surface area contributed by atoms with Crippen LogP contribution in [0, 0.1) is 0 Å². The van der Waals surface area contributed by atoms with Gasteiger partial charge in [-0.25, -0.2) is 0 Å². The maximum atomic E-state index is 11.7. The zero-order chi connectivity index (χ0) is 13.3. The molecule has 2 rings (SSSR count). The summed E-state index contributed by atoms with van der Waals surface area (Å²) in [6.45, 7) is 1.76. The van der Waals surface area contributed by atoms with Gasteiger partial charge in [-0.15, -0.1) is 0 Å². The summed E-state index contributed by atoms with van der Waals surface area (Å²) >= 11 is 0. The number of nitrogen functional groups attached to an aromatic ring is 1. The molecule has 2 aromatic rings. The van der Waals surface area contributed by atoms with Gasteiger partial charge in [0.25, 0.3) is 6.01 Å². The van der Waals surface area contributed by atoms with Crippen LogP contribution >= 0.6 is 0 Å². The van der Waals surface area contributed by atoms with Crippen LogP contribution < -0.4 is 11.1 Å². The Morgan fingerprint density at radius 1 is 1.50 bits per heavy atom. The third-order valence-corrected chi connectivity index (χ3v) is 2.56. The molecule has 0 aliphatic carbocycles. The Bertz CT molecular complexity index is 576.